The highest BCUT2D eigenvalue weighted by molar-refractivity contribution is 5.89. The second-order valence-corrected chi connectivity index (χ2v) is 8.39. The van der Waals surface area contributed by atoms with Crippen LogP contribution in [0.2, 0.25) is 0 Å². The average molecular weight is 426 g/mol. The molecule has 4 rings (SSSR count). The Morgan fingerprint density at radius 3 is 2.45 bits per heavy atom. The molecular weight excluding hydrogens is 394 g/mol. The Morgan fingerprint density at radius 1 is 1.06 bits per heavy atom. The predicted octanol–water partition coefficient (Wildman–Crippen LogP) is 3.47. The zero-order valence-corrected chi connectivity index (χ0v) is 18.1. The first kappa shape index (κ1) is 22.6. The van der Waals surface area contributed by atoms with Crippen LogP contribution < -0.4 is 4.90 Å². The fraction of sp³-hybridized carbons (Fsp3) is 0.417. The van der Waals surface area contributed by atoms with E-state index in [0.29, 0.717) is 18.2 Å². The number of para-hydroxylation sites is 1. The normalized spacial score (nSPS) is 17.9. The van der Waals surface area contributed by atoms with Gasteiger partial charge in [-0.15, -0.1) is 0 Å². The molecule has 2 aliphatic rings. The molecule has 166 valence electrons. The number of benzene rings is 1. The van der Waals surface area contributed by atoms with Crippen LogP contribution in [0.1, 0.15) is 37.6 Å². The first-order valence-electron chi connectivity index (χ1n) is 10.7. The van der Waals surface area contributed by atoms with Crippen LogP contribution >= 0.6 is 0 Å². The number of nitrogens with zero attached hydrogens (tertiary/aromatic N) is 3. The lowest BCUT2D eigenvalue weighted by molar-refractivity contribution is -0.134. The van der Waals surface area contributed by atoms with E-state index in [9.17, 15) is 9.59 Å². The van der Waals surface area contributed by atoms with E-state index in [4.69, 9.17) is 10.2 Å². The first-order valence-corrected chi connectivity index (χ1v) is 10.7. The quantitative estimate of drug-likeness (QED) is 0.714. The summed E-state index contributed by atoms with van der Waals surface area (Å²) in [5.41, 5.74) is 4.35. The van der Waals surface area contributed by atoms with Gasteiger partial charge in [0, 0.05) is 55.9 Å². The molecule has 2 aromatic rings. The smallest absolute Gasteiger partial charge is 0.328 e. The number of aromatic nitrogens is 1. The maximum absolute atomic E-state index is 9.55. The van der Waals surface area contributed by atoms with Gasteiger partial charge in [-0.3, -0.25) is 4.90 Å². The predicted molar refractivity (Wildman–Crippen MR) is 120 cm³/mol. The van der Waals surface area contributed by atoms with Crippen molar-refractivity contribution in [3.05, 3.63) is 66.0 Å². The highest BCUT2D eigenvalue weighted by Gasteiger charge is 2.33. The molecule has 31 heavy (non-hydrogen) atoms. The molecule has 1 aromatic heterocycles. The van der Waals surface area contributed by atoms with E-state index in [1.807, 2.05) is 0 Å². The van der Waals surface area contributed by atoms with Gasteiger partial charge in [-0.25, -0.2) is 9.59 Å². The minimum atomic E-state index is -1.26. The molecule has 0 spiro atoms. The number of hydrogen-bond acceptors (Lipinski definition) is 4. The molecule has 0 radical (unpaired) electrons. The van der Waals surface area contributed by atoms with Gasteiger partial charge in [0.05, 0.1) is 6.04 Å². The largest absolute Gasteiger partial charge is 0.478 e. The van der Waals surface area contributed by atoms with Crippen LogP contribution in [-0.4, -0.2) is 57.8 Å². The van der Waals surface area contributed by atoms with Gasteiger partial charge in [-0.2, -0.15) is 0 Å². The summed E-state index contributed by atoms with van der Waals surface area (Å²) in [6.45, 7) is 10.3. The van der Waals surface area contributed by atoms with Gasteiger partial charge >= 0.3 is 11.9 Å². The van der Waals surface area contributed by atoms with Gasteiger partial charge in [0.2, 0.25) is 0 Å². The maximum atomic E-state index is 9.55. The Kier molecular flexibility index (Phi) is 7.52. The molecule has 1 saturated heterocycles. The van der Waals surface area contributed by atoms with Crippen LogP contribution in [0.4, 0.5) is 5.69 Å². The number of carbonyl (C=O) groups is 2. The van der Waals surface area contributed by atoms with Gasteiger partial charge < -0.3 is 19.7 Å². The zero-order chi connectivity index (χ0) is 22.4. The summed E-state index contributed by atoms with van der Waals surface area (Å²) in [5, 5.41) is 15.6. The number of carboxylic acids is 2. The minimum Gasteiger partial charge on any atom is -0.478 e. The van der Waals surface area contributed by atoms with Crippen molar-refractivity contribution >= 4 is 17.6 Å². The van der Waals surface area contributed by atoms with E-state index in [0.717, 1.165) is 25.6 Å². The van der Waals surface area contributed by atoms with E-state index < -0.39 is 11.9 Å². The number of carboxylic acid groups (broad SMARTS) is 2. The fourth-order valence-corrected chi connectivity index (χ4v) is 4.15. The molecule has 0 amide bonds. The summed E-state index contributed by atoms with van der Waals surface area (Å²) < 4.78 is 2.44. The number of hydrogen-bond donors (Lipinski definition) is 2. The molecule has 3 heterocycles. The SMILES string of the molecule is CC(C)CCN1CCN2c3ccccc3Cn3cccc3C2C1.O=C(O)C=CC(=O)O. The van der Waals surface area contributed by atoms with Crippen LogP contribution in [0.3, 0.4) is 0 Å². The van der Waals surface area contributed by atoms with E-state index in [-0.39, 0.29) is 0 Å². The van der Waals surface area contributed by atoms with Gasteiger partial charge in [0.15, 0.2) is 0 Å². The van der Waals surface area contributed by atoms with E-state index >= 15 is 0 Å². The molecule has 7 heteroatoms. The summed E-state index contributed by atoms with van der Waals surface area (Å²) >= 11 is 0. The second kappa shape index (κ2) is 10.3. The number of aliphatic carboxylic acids is 2. The van der Waals surface area contributed by atoms with Crippen LogP contribution in [0.5, 0.6) is 0 Å². The third-order valence-electron chi connectivity index (χ3n) is 5.70. The van der Waals surface area contributed by atoms with Crippen molar-refractivity contribution in [1.82, 2.24) is 9.47 Å². The van der Waals surface area contributed by atoms with Crippen molar-refractivity contribution < 1.29 is 19.8 Å². The van der Waals surface area contributed by atoms with Crippen molar-refractivity contribution in [3.8, 4) is 0 Å². The lowest BCUT2D eigenvalue weighted by Crippen LogP contribution is -2.49. The summed E-state index contributed by atoms with van der Waals surface area (Å²) in [6.07, 6.45) is 4.65. The molecule has 1 unspecified atom stereocenters. The van der Waals surface area contributed by atoms with Gasteiger partial charge in [0.1, 0.15) is 0 Å². The lowest BCUT2D eigenvalue weighted by atomic mass is 10.0. The molecule has 0 aliphatic carbocycles. The van der Waals surface area contributed by atoms with E-state index in [1.165, 1.54) is 36.5 Å². The highest BCUT2D eigenvalue weighted by atomic mass is 16.4. The molecule has 0 saturated carbocycles. The third kappa shape index (κ3) is 5.98. The standard InChI is InChI=1S/C20H27N3.C4H4O4/c1-16(2)9-11-21-12-13-23-18-7-4-3-6-17(18)14-22-10-5-8-19(22)20(23)15-21;5-3(6)1-2-4(7)8/h3-8,10,16,20H,9,11-15H2,1-2H3;1-2H,(H,5,6)(H,7,8). The van der Waals surface area contributed by atoms with Crippen molar-refractivity contribution in [2.24, 2.45) is 5.92 Å². The number of piperazine rings is 1. The Morgan fingerprint density at radius 2 is 1.77 bits per heavy atom. The van der Waals surface area contributed by atoms with Crippen LogP contribution in [0, 0.1) is 5.92 Å². The topological polar surface area (TPSA) is 86.0 Å². The Labute approximate surface area is 183 Å². The molecule has 2 aliphatic heterocycles. The summed E-state index contributed by atoms with van der Waals surface area (Å²) in [7, 11) is 0. The average Bonchev–Trinajstić information content (AvgIpc) is 3.15. The molecule has 1 fully saturated rings. The van der Waals surface area contributed by atoms with Crippen molar-refractivity contribution in [1.29, 1.82) is 0 Å². The summed E-state index contributed by atoms with van der Waals surface area (Å²) in [6, 6.07) is 13.9. The molecule has 7 nitrogen and oxygen atoms in total. The van der Waals surface area contributed by atoms with E-state index in [2.05, 4.69) is 70.8 Å². The molecule has 1 atom stereocenters. The molecule has 0 bridgehead atoms. The van der Waals surface area contributed by atoms with Gasteiger partial charge in [-0.05, 0) is 42.6 Å². The van der Waals surface area contributed by atoms with Crippen LogP contribution in [-0.2, 0) is 16.1 Å². The minimum absolute atomic E-state index is 0.481. The molecular formula is C24H31N3O4. The summed E-state index contributed by atoms with van der Waals surface area (Å²) in [4.78, 5) is 24.4. The number of rotatable bonds is 5. The molecule has 1 aromatic carbocycles. The van der Waals surface area contributed by atoms with Gasteiger partial charge in [0.25, 0.3) is 0 Å². The Balaban J connectivity index is 0.000000293. The van der Waals surface area contributed by atoms with Crippen LogP contribution in [0.15, 0.2) is 54.7 Å². The first-order chi connectivity index (χ1) is 14.8. The monoisotopic (exact) mass is 425 g/mol. The fourth-order valence-electron chi connectivity index (χ4n) is 4.15. The number of fused-ring (bicyclic) bond motifs is 5. The maximum Gasteiger partial charge on any atom is 0.328 e. The van der Waals surface area contributed by atoms with Gasteiger partial charge in [-0.1, -0.05) is 32.0 Å². The molecule has 2 N–H and O–H groups in total. The Hall–Kier alpha value is -3.06. The zero-order valence-electron chi connectivity index (χ0n) is 18.1. The highest BCUT2D eigenvalue weighted by Crippen LogP contribution is 2.36. The van der Waals surface area contributed by atoms with Crippen molar-refractivity contribution in [2.45, 2.75) is 32.9 Å². The second-order valence-electron chi connectivity index (χ2n) is 8.39. The van der Waals surface area contributed by atoms with Crippen LogP contribution in [0.25, 0.3) is 0 Å². The third-order valence-corrected chi connectivity index (χ3v) is 5.70. The number of anilines is 1. The lowest BCUT2D eigenvalue weighted by Gasteiger charge is -2.42. The van der Waals surface area contributed by atoms with Crippen molar-refractivity contribution in [2.75, 3.05) is 31.1 Å². The Bertz CT molecular complexity index is 918. The van der Waals surface area contributed by atoms with Crippen molar-refractivity contribution in [3.63, 3.8) is 0 Å². The summed E-state index contributed by atoms with van der Waals surface area (Å²) in [5.74, 6) is -1.73. The van der Waals surface area contributed by atoms with E-state index in [1.54, 1.807) is 0 Å².